The number of hydrogen-bond donors (Lipinski definition) is 2. The van der Waals surface area contributed by atoms with E-state index in [0.717, 1.165) is 15.4 Å². The second kappa shape index (κ2) is 8.32. The monoisotopic (exact) mass is 451 g/mol. The number of aryl methyl sites for hydroxylation is 1. The van der Waals surface area contributed by atoms with E-state index in [4.69, 9.17) is 5.11 Å². The lowest BCUT2D eigenvalue weighted by molar-refractivity contribution is -0.145. The molecule has 0 saturated carbocycles. The molecule has 0 radical (unpaired) electrons. The molecule has 1 aromatic heterocycles. The van der Waals surface area contributed by atoms with Crippen LogP contribution in [0.4, 0.5) is 0 Å². The summed E-state index contributed by atoms with van der Waals surface area (Å²) in [6.45, 7) is 3.68. The molecule has 8 nitrogen and oxygen atoms in total. The number of fused-ring (bicyclic) bond motifs is 1. The molecule has 0 unspecified atom stereocenters. The maximum atomic E-state index is 12.2. The van der Waals surface area contributed by atoms with Crippen LogP contribution in [-0.4, -0.2) is 68.6 Å². The summed E-state index contributed by atoms with van der Waals surface area (Å²) in [5.41, 5.74) is 1.43. The second-order valence-electron chi connectivity index (χ2n) is 6.87. The number of rotatable bonds is 6. The van der Waals surface area contributed by atoms with Gasteiger partial charge in [-0.15, -0.1) is 0 Å². The summed E-state index contributed by atoms with van der Waals surface area (Å²) in [7, 11) is 0. The van der Waals surface area contributed by atoms with Gasteiger partial charge in [0.2, 0.25) is 5.91 Å². The zero-order valence-corrected chi connectivity index (χ0v) is 17.1. The van der Waals surface area contributed by atoms with Gasteiger partial charge in [0.25, 0.3) is 0 Å². The highest BCUT2D eigenvalue weighted by molar-refractivity contribution is 9.10. The van der Waals surface area contributed by atoms with E-state index in [2.05, 4.69) is 15.9 Å². The lowest BCUT2D eigenvalue weighted by atomic mass is 10.0. The fourth-order valence-electron chi connectivity index (χ4n) is 3.69. The van der Waals surface area contributed by atoms with E-state index >= 15 is 0 Å². The summed E-state index contributed by atoms with van der Waals surface area (Å²) in [4.78, 5) is 38.3. The number of carboxylic acid groups (broad SMARTS) is 2. The lowest BCUT2D eigenvalue weighted by Crippen LogP contribution is -2.50. The number of amides is 1. The van der Waals surface area contributed by atoms with Crippen LogP contribution in [0.5, 0.6) is 0 Å². The number of halogens is 1. The number of carbonyl (C=O) groups is 3. The molecule has 1 saturated heterocycles. The predicted octanol–water partition coefficient (Wildman–Crippen LogP) is 2.17. The number of piperazine rings is 1. The van der Waals surface area contributed by atoms with E-state index in [1.54, 1.807) is 15.7 Å². The van der Waals surface area contributed by atoms with Gasteiger partial charge in [0, 0.05) is 66.8 Å². The van der Waals surface area contributed by atoms with Crippen molar-refractivity contribution >= 4 is 44.7 Å². The predicted molar refractivity (Wildman–Crippen MR) is 106 cm³/mol. The fraction of sp³-hybridized carbons (Fsp3) is 0.421. The first-order chi connectivity index (χ1) is 13.3. The minimum absolute atomic E-state index is 0.0124. The molecule has 2 N–H and O–H groups in total. The molecular formula is C19H22BrN3O5. The summed E-state index contributed by atoms with van der Waals surface area (Å²) in [5.74, 6) is -1.88. The van der Waals surface area contributed by atoms with Crippen molar-refractivity contribution in [2.45, 2.75) is 25.9 Å². The molecule has 1 fully saturated rings. The van der Waals surface area contributed by atoms with E-state index in [-0.39, 0.29) is 18.9 Å². The third-order valence-electron chi connectivity index (χ3n) is 5.09. The van der Waals surface area contributed by atoms with Crippen LogP contribution >= 0.6 is 15.9 Å². The van der Waals surface area contributed by atoms with Crippen LogP contribution in [0.25, 0.3) is 10.9 Å². The third-order valence-corrected chi connectivity index (χ3v) is 5.59. The van der Waals surface area contributed by atoms with Crippen molar-refractivity contribution < 1.29 is 24.6 Å². The van der Waals surface area contributed by atoms with Crippen LogP contribution in [0.15, 0.2) is 28.9 Å². The Kier molecular flexibility index (Phi) is 6.04. The number of aliphatic carboxylic acids is 2. The zero-order chi connectivity index (χ0) is 20.4. The van der Waals surface area contributed by atoms with Crippen molar-refractivity contribution in [1.29, 1.82) is 0 Å². The molecule has 1 aliphatic heterocycles. The Morgan fingerprint density at radius 2 is 1.82 bits per heavy atom. The summed E-state index contributed by atoms with van der Waals surface area (Å²) >= 11 is 3.42. The molecule has 1 aliphatic rings. The molecule has 1 atom stereocenters. The standard InChI is InChI=1S/C19H22BrN3O5/c1-12(24)21-6-8-22(9-7-21)18(19(27)28)15-11-23(5-4-17(25)26)16-10-13(20)2-3-14(15)16/h2-3,10-11,18H,4-9H2,1H3,(H,25,26)(H,27,28)/t18-/m0/s1. The molecule has 28 heavy (non-hydrogen) atoms. The number of carboxylic acids is 2. The second-order valence-corrected chi connectivity index (χ2v) is 7.78. The van der Waals surface area contributed by atoms with Crippen molar-refractivity contribution in [2.75, 3.05) is 26.2 Å². The number of hydrogen-bond acceptors (Lipinski definition) is 4. The Morgan fingerprint density at radius 1 is 1.14 bits per heavy atom. The quantitative estimate of drug-likeness (QED) is 0.697. The Labute approximate surface area is 170 Å². The van der Waals surface area contributed by atoms with Crippen LogP contribution in [0.3, 0.4) is 0 Å². The summed E-state index contributed by atoms with van der Waals surface area (Å²) < 4.78 is 2.63. The van der Waals surface area contributed by atoms with Gasteiger partial charge in [0.05, 0.1) is 6.42 Å². The van der Waals surface area contributed by atoms with Gasteiger partial charge in [-0.2, -0.15) is 0 Å². The first-order valence-electron chi connectivity index (χ1n) is 9.00. The Hall–Kier alpha value is -2.39. The highest BCUT2D eigenvalue weighted by atomic mass is 79.9. The maximum Gasteiger partial charge on any atom is 0.325 e. The van der Waals surface area contributed by atoms with Crippen molar-refractivity contribution in [1.82, 2.24) is 14.4 Å². The lowest BCUT2D eigenvalue weighted by Gasteiger charge is -2.37. The third kappa shape index (κ3) is 4.20. The minimum atomic E-state index is -0.962. The van der Waals surface area contributed by atoms with Crippen LogP contribution < -0.4 is 0 Å². The number of carbonyl (C=O) groups excluding carboxylic acids is 1. The summed E-state index contributed by atoms with van der Waals surface area (Å²) in [5, 5.41) is 19.8. The van der Waals surface area contributed by atoms with Crippen molar-refractivity contribution in [3.8, 4) is 0 Å². The van der Waals surface area contributed by atoms with E-state index in [1.165, 1.54) is 6.92 Å². The molecule has 1 amide bonds. The van der Waals surface area contributed by atoms with E-state index in [9.17, 15) is 19.5 Å². The van der Waals surface area contributed by atoms with Crippen molar-refractivity contribution in [3.63, 3.8) is 0 Å². The smallest absolute Gasteiger partial charge is 0.325 e. The van der Waals surface area contributed by atoms with Gasteiger partial charge < -0.3 is 19.7 Å². The minimum Gasteiger partial charge on any atom is -0.481 e. The van der Waals surface area contributed by atoms with Crippen molar-refractivity contribution in [2.24, 2.45) is 0 Å². The van der Waals surface area contributed by atoms with Gasteiger partial charge in [0.15, 0.2) is 0 Å². The Bertz CT molecular complexity index is 918. The molecule has 2 heterocycles. The summed E-state index contributed by atoms with van der Waals surface area (Å²) in [6.07, 6.45) is 1.70. The number of aromatic nitrogens is 1. The first-order valence-corrected chi connectivity index (χ1v) is 9.79. The zero-order valence-electron chi connectivity index (χ0n) is 15.5. The van der Waals surface area contributed by atoms with Crippen molar-refractivity contribution in [3.05, 3.63) is 34.4 Å². The Morgan fingerprint density at radius 3 is 2.39 bits per heavy atom. The van der Waals surface area contributed by atoms with Crippen LogP contribution in [0.1, 0.15) is 24.9 Å². The molecule has 3 rings (SSSR count). The molecule has 0 spiro atoms. The molecule has 1 aromatic carbocycles. The molecule has 9 heteroatoms. The first kappa shape index (κ1) is 20.3. The highest BCUT2D eigenvalue weighted by Crippen LogP contribution is 2.33. The highest BCUT2D eigenvalue weighted by Gasteiger charge is 2.33. The van der Waals surface area contributed by atoms with Gasteiger partial charge in [-0.25, -0.2) is 0 Å². The largest absolute Gasteiger partial charge is 0.481 e. The van der Waals surface area contributed by atoms with Crippen LogP contribution in [0, 0.1) is 0 Å². The van der Waals surface area contributed by atoms with Gasteiger partial charge in [-0.1, -0.05) is 22.0 Å². The fourth-order valence-corrected chi connectivity index (χ4v) is 4.04. The van der Waals surface area contributed by atoms with E-state index in [0.29, 0.717) is 31.7 Å². The van der Waals surface area contributed by atoms with E-state index < -0.39 is 18.0 Å². The average Bonchev–Trinajstić information content (AvgIpc) is 2.97. The van der Waals surface area contributed by atoms with E-state index in [1.807, 2.05) is 23.1 Å². The molecule has 0 aliphatic carbocycles. The molecule has 0 bridgehead atoms. The number of nitrogens with zero attached hydrogens (tertiary/aromatic N) is 3. The SMILES string of the molecule is CC(=O)N1CCN([C@H](C(=O)O)c2cn(CCC(=O)O)c3cc(Br)ccc23)CC1. The van der Waals surface area contributed by atoms with Gasteiger partial charge >= 0.3 is 11.9 Å². The van der Waals surface area contributed by atoms with Crippen LogP contribution in [-0.2, 0) is 20.9 Å². The molecule has 150 valence electrons. The van der Waals surface area contributed by atoms with Gasteiger partial charge in [0.1, 0.15) is 6.04 Å². The Balaban J connectivity index is 1.98. The topological polar surface area (TPSA) is 103 Å². The maximum absolute atomic E-state index is 12.2. The molecular weight excluding hydrogens is 430 g/mol. The molecule has 2 aromatic rings. The van der Waals surface area contributed by atoms with Gasteiger partial charge in [-0.3, -0.25) is 19.3 Å². The van der Waals surface area contributed by atoms with Gasteiger partial charge in [-0.05, 0) is 12.1 Å². The number of benzene rings is 1. The summed E-state index contributed by atoms with van der Waals surface area (Å²) in [6, 6.07) is 4.71. The normalized spacial score (nSPS) is 16.3. The van der Waals surface area contributed by atoms with Crippen LogP contribution in [0.2, 0.25) is 0 Å². The average molecular weight is 452 g/mol.